The maximum atomic E-state index is 11.1. The van der Waals surface area contributed by atoms with Crippen LogP contribution < -0.4 is 10.6 Å². The Labute approximate surface area is 72.3 Å². The van der Waals surface area contributed by atoms with Crippen molar-refractivity contribution in [3.05, 3.63) is 0 Å². The summed E-state index contributed by atoms with van der Waals surface area (Å²) >= 11 is 0. The lowest BCUT2D eigenvalue weighted by molar-refractivity contribution is 0.213. The monoisotopic (exact) mass is 169 g/mol. The van der Waals surface area contributed by atoms with E-state index in [0.29, 0.717) is 6.04 Å². The first-order valence-corrected chi connectivity index (χ1v) is 4.62. The van der Waals surface area contributed by atoms with Crippen molar-refractivity contribution in [2.24, 2.45) is 0 Å². The smallest absolute Gasteiger partial charge is 0.317 e. The average molecular weight is 169 g/mol. The number of urea groups is 1. The van der Waals surface area contributed by atoms with Gasteiger partial charge in [0, 0.05) is 25.7 Å². The molecule has 2 heterocycles. The number of rotatable bonds is 2. The van der Waals surface area contributed by atoms with E-state index in [2.05, 4.69) is 10.6 Å². The van der Waals surface area contributed by atoms with Gasteiger partial charge in [-0.2, -0.15) is 0 Å². The fourth-order valence-corrected chi connectivity index (χ4v) is 1.86. The highest BCUT2D eigenvalue weighted by molar-refractivity contribution is 5.76. The van der Waals surface area contributed by atoms with Crippen LogP contribution in [0, 0.1) is 0 Å². The van der Waals surface area contributed by atoms with Crippen LogP contribution >= 0.6 is 0 Å². The zero-order valence-electron chi connectivity index (χ0n) is 7.18. The van der Waals surface area contributed by atoms with E-state index in [1.165, 1.54) is 12.8 Å². The minimum Gasteiger partial charge on any atom is -0.336 e. The Balaban J connectivity index is 1.81. The van der Waals surface area contributed by atoms with Gasteiger partial charge in [-0.15, -0.1) is 0 Å². The van der Waals surface area contributed by atoms with E-state index in [1.54, 1.807) is 0 Å². The molecule has 1 unspecified atom stereocenters. The highest BCUT2D eigenvalue weighted by Gasteiger charge is 2.24. The van der Waals surface area contributed by atoms with Crippen molar-refractivity contribution in [3.8, 4) is 0 Å². The van der Waals surface area contributed by atoms with Crippen molar-refractivity contribution in [3.63, 3.8) is 0 Å². The van der Waals surface area contributed by atoms with Crippen molar-refractivity contribution < 1.29 is 4.79 Å². The van der Waals surface area contributed by atoms with Gasteiger partial charge in [0.25, 0.3) is 0 Å². The Morgan fingerprint density at radius 3 is 3.00 bits per heavy atom. The molecule has 2 aliphatic heterocycles. The van der Waals surface area contributed by atoms with E-state index in [4.69, 9.17) is 0 Å². The fourth-order valence-electron chi connectivity index (χ4n) is 1.86. The van der Waals surface area contributed by atoms with Gasteiger partial charge in [-0.25, -0.2) is 4.79 Å². The number of hydrogen-bond acceptors (Lipinski definition) is 2. The molecule has 1 atom stereocenters. The Kier molecular flexibility index (Phi) is 2.17. The number of nitrogens with one attached hydrogen (secondary N) is 2. The normalized spacial score (nSPS) is 29.5. The van der Waals surface area contributed by atoms with Crippen LogP contribution in [-0.2, 0) is 0 Å². The predicted octanol–water partition coefficient (Wildman–Crippen LogP) is -0.236. The van der Waals surface area contributed by atoms with E-state index in [1.807, 2.05) is 4.90 Å². The second-order valence-electron chi connectivity index (χ2n) is 3.47. The first-order valence-electron chi connectivity index (χ1n) is 4.62. The molecule has 2 fully saturated rings. The molecule has 0 saturated carbocycles. The van der Waals surface area contributed by atoms with Crippen molar-refractivity contribution in [1.82, 2.24) is 15.5 Å². The summed E-state index contributed by atoms with van der Waals surface area (Å²) in [5, 5.41) is 6.19. The molecule has 2 saturated heterocycles. The van der Waals surface area contributed by atoms with Crippen LogP contribution in [0.4, 0.5) is 4.79 Å². The van der Waals surface area contributed by atoms with E-state index in [9.17, 15) is 4.79 Å². The van der Waals surface area contributed by atoms with Crippen LogP contribution in [0.5, 0.6) is 0 Å². The van der Waals surface area contributed by atoms with Gasteiger partial charge in [0.05, 0.1) is 0 Å². The van der Waals surface area contributed by atoms with Gasteiger partial charge in [-0.3, -0.25) is 0 Å². The van der Waals surface area contributed by atoms with Crippen molar-refractivity contribution >= 4 is 6.03 Å². The van der Waals surface area contributed by atoms with Gasteiger partial charge in [-0.1, -0.05) is 0 Å². The van der Waals surface area contributed by atoms with E-state index >= 15 is 0 Å². The SMILES string of the molecule is O=C1NCCN1CC1CCCN1. The molecule has 12 heavy (non-hydrogen) atoms. The summed E-state index contributed by atoms with van der Waals surface area (Å²) in [6.07, 6.45) is 2.46. The Morgan fingerprint density at radius 1 is 1.50 bits per heavy atom. The zero-order valence-corrected chi connectivity index (χ0v) is 7.18. The first-order chi connectivity index (χ1) is 5.86. The van der Waals surface area contributed by atoms with Gasteiger partial charge in [0.2, 0.25) is 0 Å². The molecular formula is C8H15N3O. The average Bonchev–Trinajstić information content (AvgIpc) is 2.65. The van der Waals surface area contributed by atoms with Crippen molar-refractivity contribution in [1.29, 1.82) is 0 Å². The molecule has 2 amide bonds. The lowest BCUT2D eigenvalue weighted by atomic mass is 10.2. The molecule has 4 heteroatoms. The summed E-state index contributed by atoms with van der Waals surface area (Å²) < 4.78 is 0. The Bertz CT molecular complexity index is 177. The summed E-state index contributed by atoms with van der Waals surface area (Å²) in [6.45, 7) is 3.68. The minimum absolute atomic E-state index is 0.101. The molecule has 2 N–H and O–H groups in total. The van der Waals surface area contributed by atoms with Crippen molar-refractivity contribution in [2.75, 3.05) is 26.2 Å². The maximum absolute atomic E-state index is 11.1. The third-order valence-electron chi connectivity index (χ3n) is 2.55. The quantitative estimate of drug-likeness (QED) is 0.599. The molecule has 0 aromatic carbocycles. The predicted molar refractivity (Wildman–Crippen MR) is 46.0 cm³/mol. The van der Waals surface area contributed by atoms with Gasteiger partial charge >= 0.3 is 6.03 Å². The van der Waals surface area contributed by atoms with Crippen LogP contribution in [0.3, 0.4) is 0 Å². The summed E-state index contributed by atoms with van der Waals surface area (Å²) in [5.41, 5.74) is 0. The Morgan fingerprint density at radius 2 is 2.42 bits per heavy atom. The molecule has 0 radical (unpaired) electrons. The summed E-state index contributed by atoms with van der Waals surface area (Å²) in [7, 11) is 0. The van der Waals surface area contributed by atoms with Crippen LogP contribution in [0.2, 0.25) is 0 Å². The third kappa shape index (κ3) is 1.53. The van der Waals surface area contributed by atoms with Crippen molar-refractivity contribution in [2.45, 2.75) is 18.9 Å². The molecule has 0 aromatic rings. The third-order valence-corrected chi connectivity index (χ3v) is 2.55. The lowest BCUT2D eigenvalue weighted by Gasteiger charge is -2.18. The fraction of sp³-hybridized carbons (Fsp3) is 0.875. The largest absolute Gasteiger partial charge is 0.336 e. The topological polar surface area (TPSA) is 44.4 Å². The number of carbonyl (C=O) groups excluding carboxylic acids is 1. The molecular weight excluding hydrogens is 154 g/mol. The molecule has 68 valence electrons. The number of nitrogens with zero attached hydrogens (tertiary/aromatic N) is 1. The lowest BCUT2D eigenvalue weighted by Crippen LogP contribution is -2.39. The zero-order chi connectivity index (χ0) is 8.39. The number of carbonyl (C=O) groups is 1. The van der Waals surface area contributed by atoms with Crippen LogP contribution in [-0.4, -0.2) is 43.2 Å². The molecule has 0 bridgehead atoms. The first kappa shape index (κ1) is 7.86. The Hall–Kier alpha value is -0.770. The van der Waals surface area contributed by atoms with Gasteiger partial charge in [0.1, 0.15) is 0 Å². The van der Waals surface area contributed by atoms with Gasteiger partial charge in [0.15, 0.2) is 0 Å². The highest BCUT2D eigenvalue weighted by atomic mass is 16.2. The molecule has 4 nitrogen and oxygen atoms in total. The van der Waals surface area contributed by atoms with E-state index < -0.39 is 0 Å². The second-order valence-corrected chi connectivity index (χ2v) is 3.47. The van der Waals surface area contributed by atoms with Crippen LogP contribution in [0.15, 0.2) is 0 Å². The van der Waals surface area contributed by atoms with Crippen LogP contribution in [0.1, 0.15) is 12.8 Å². The number of amides is 2. The number of hydrogen-bond donors (Lipinski definition) is 2. The summed E-state index contributed by atoms with van der Waals surface area (Å²) in [6, 6.07) is 0.637. The molecule has 2 rings (SSSR count). The van der Waals surface area contributed by atoms with E-state index in [-0.39, 0.29) is 6.03 Å². The van der Waals surface area contributed by atoms with Gasteiger partial charge in [-0.05, 0) is 19.4 Å². The molecule has 0 aliphatic carbocycles. The standard InChI is InChI=1S/C8H15N3O/c12-8-10-4-5-11(8)6-7-2-1-3-9-7/h7,9H,1-6H2,(H,10,12). The summed E-state index contributed by atoms with van der Waals surface area (Å²) in [4.78, 5) is 13.0. The molecule has 2 aliphatic rings. The molecule has 0 aromatic heterocycles. The maximum Gasteiger partial charge on any atom is 0.317 e. The van der Waals surface area contributed by atoms with Gasteiger partial charge < -0.3 is 15.5 Å². The minimum atomic E-state index is 0.101. The summed E-state index contributed by atoms with van der Waals surface area (Å²) in [5.74, 6) is 0. The van der Waals surface area contributed by atoms with E-state index in [0.717, 1.165) is 26.2 Å². The second kappa shape index (κ2) is 3.31. The molecule has 0 spiro atoms. The van der Waals surface area contributed by atoms with Crippen LogP contribution in [0.25, 0.3) is 0 Å². The highest BCUT2D eigenvalue weighted by Crippen LogP contribution is 2.08.